The van der Waals surface area contributed by atoms with Crippen molar-refractivity contribution in [2.75, 3.05) is 20.3 Å². The first-order valence-corrected chi connectivity index (χ1v) is 7.92. The van der Waals surface area contributed by atoms with E-state index in [-0.39, 0.29) is 5.92 Å². The Morgan fingerprint density at radius 3 is 2.58 bits per heavy atom. The van der Waals surface area contributed by atoms with Gasteiger partial charge in [-0.2, -0.15) is 5.26 Å². The molecule has 0 saturated heterocycles. The van der Waals surface area contributed by atoms with Crippen molar-refractivity contribution in [1.29, 1.82) is 5.26 Å². The van der Waals surface area contributed by atoms with Crippen molar-refractivity contribution in [3.8, 4) is 6.07 Å². The molecule has 0 aromatic heterocycles. The van der Waals surface area contributed by atoms with Crippen LogP contribution in [0, 0.1) is 23.2 Å². The quantitative estimate of drug-likeness (QED) is 0.691. The number of methoxy groups -OCH3 is 1. The minimum atomic E-state index is 0.223. The molecule has 0 aromatic rings. The zero-order valence-corrected chi connectivity index (χ0v) is 12.5. The van der Waals surface area contributed by atoms with Crippen molar-refractivity contribution < 1.29 is 4.74 Å². The summed E-state index contributed by atoms with van der Waals surface area (Å²) in [6.45, 7) is 4.12. The number of nitriles is 1. The van der Waals surface area contributed by atoms with Crippen molar-refractivity contribution in [1.82, 2.24) is 4.90 Å². The lowest BCUT2D eigenvalue weighted by molar-refractivity contribution is 0.0618. The molecule has 0 heterocycles. The van der Waals surface area contributed by atoms with Crippen LogP contribution in [0.15, 0.2) is 0 Å². The van der Waals surface area contributed by atoms with Gasteiger partial charge in [0.15, 0.2) is 0 Å². The minimum Gasteiger partial charge on any atom is -0.383 e. The molecule has 2 aliphatic rings. The summed E-state index contributed by atoms with van der Waals surface area (Å²) in [6, 6.07) is 3.66. The van der Waals surface area contributed by atoms with E-state index in [1.165, 1.54) is 38.5 Å². The first-order chi connectivity index (χ1) is 9.27. The maximum Gasteiger partial charge on any atom is 0.0672 e. The third-order valence-corrected chi connectivity index (χ3v) is 4.95. The van der Waals surface area contributed by atoms with Crippen molar-refractivity contribution in [3.63, 3.8) is 0 Å². The lowest BCUT2D eigenvalue weighted by Gasteiger charge is -2.38. The number of hydrogen-bond acceptors (Lipinski definition) is 3. The zero-order valence-electron chi connectivity index (χ0n) is 12.5. The lowest BCUT2D eigenvalue weighted by Crippen LogP contribution is -2.47. The third-order valence-electron chi connectivity index (χ3n) is 4.95. The number of rotatable bonds is 6. The lowest BCUT2D eigenvalue weighted by atomic mass is 9.93. The molecule has 3 heteroatoms. The van der Waals surface area contributed by atoms with E-state index in [1.54, 1.807) is 7.11 Å². The topological polar surface area (TPSA) is 36.3 Å². The third kappa shape index (κ3) is 3.94. The van der Waals surface area contributed by atoms with Crippen LogP contribution < -0.4 is 0 Å². The molecule has 0 N–H and O–H groups in total. The molecule has 0 amide bonds. The van der Waals surface area contributed by atoms with Gasteiger partial charge in [-0.25, -0.2) is 0 Å². The first kappa shape index (κ1) is 14.8. The number of hydrogen-bond donors (Lipinski definition) is 0. The molecule has 3 nitrogen and oxygen atoms in total. The van der Waals surface area contributed by atoms with Crippen LogP contribution in [0.2, 0.25) is 0 Å². The predicted octanol–water partition coefficient (Wildman–Crippen LogP) is 3.21. The van der Waals surface area contributed by atoms with Crippen LogP contribution in [0.5, 0.6) is 0 Å². The summed E-state index contributed by atoms with van der Waals surface area (Å²) >= 11 is 0. The van der Waals surface area contributed by atoms with Gasteiger partial charge in [0.2, 0.25) is 0 Å². The number of nitrogens with zero attached hydrogens (tertiary/aromatic N) is 2. The van der Waals surface area contributed by atoms with Gasteiger partial charge in [-0.1, -0.05) is 19.3 Å². The van der Waals surface area contributed by atoms with E-state index in [2.05, 4.69) is 17.9 Å². The fraction of sp³-hybridized carbons (Fsp3) is 0.938. The maximum absolute atomic E-state index is 9.49. The van der Waals surface area contributed by atoms with Gasteiger partial charge >= 0.3 is 0 Å². The monoisotopic (exact) mass is 264 g/mol. The SMILES string of the molecule is COCCN(C(C)C1CC1)C1CCCCCC1C#N. The summed E-state index contributed by atoms with van der Waals surface area (Å²) < 4.78 is 5.29. The highest BCUT2D eigenvalue weighted by molar-refractivity contribution is 4.98. The smallest absolute Gasteiger partial charge is 0.0672 e. The zero-order chi connectivity index (χ0) is 13.7. The van der Waals surface area contributed by atoms with Gasteiger partial charge in [-0.3, -0.25) is 4.90 Å². The van der Waals surface area contributed by atoms with E-state index in [0.717, 1.165) is 25.5 Å². The van der Waals surface area contributed by atoms with Crippen molar-refractivity contribution >= 4 is 0 Å². The van der Waals surface area contributed by atoms with Crippen LogP contribution in [0.3, 0.4) is 0 Å². The van der Waals surface area contributed by atoms with E-state index in [1.807, 2.05) is 0 Å². The van der Waals surface area contributed by atoms with Gasteiger partial charge in [-0.15, -0.1) is 0 Å². The molecule has 19 heavy (non-hydrogen) atoms. The van der Waals surface area contributed by atoms with E-state index in [9.17, 15) is 5.26 Å². The van der Waals surface area contributed by atoms with Crippen molar-refractivity contribution in [2.24, 2.45) is 11.8 Å². The van der Waals surface area contributed by atoms with Crippen LogP contribution in [-0.2, 0) is 4.74 Å². The second-order valence-corrected chi connectivity index (χ2v) is 6.25. The van der Waals surface area contributed by atoms with Gasteiger partial charge in [-0.05, 0) is 38.5 Å². The fourth-order valence-electron chi connectivity index (χ4n) is 3.55. The highest BCUT2D eigenvalue weighted by Crippen LogP contribution is 2.38. The average Bonchev–Trinajstić information content (AvgIpc) is 3.26. The maximum atomic E-state index is 9.49. The van der Waals surface area contributed by atoms with Crippen LogP contribution in [-0.4, -0.2) is 37.2 Å². The first-order valence-electron chi connectivity index (χ1n) is 7.92. The molecule has 3 atom stereocenters. The average molecular weight is 264 g/mol. The van der Waals surface area contributed by atoms with E-state index in [4.69, 9.17) is 4.74 Å². The normalized spacial score (nSPS) is 29.8. The summed E-state index contributed by atoms with van der Waals surface area (Å²) in [5.41, 5.74) is 0. The Morgan fingerprint density at radius 1 is 1.21 bits per heavy atom. The van der Waals surface area contributed by atoms with Crippen molar-refractivity contribution in [3.05, 3.63) is 0 Å². The molecule has 0 bridgehead atoms. The summed E-state index contributed by atoms with van der Waals surface area (Å²) in [5, 5.41) is 9.49. The Bertz CT molecular complexity index is 308. The van der Waals surface area contributed by atoms with Crippen LogP contribution in [0.25, 0.3) is 0 Å². The van der Waals surface area contributed by atoms with Crippen molar-refractivity contribution in [2.45, 2.75) is 64.0 Å². The van der Waals surface area contributed by atoms with Gasteiger partial charge in [0.05, 0.1) is 18.6 Å². The summed E-state index contributed by atoms with van der Waals surface area (Å²) in [5.74, 6) is 1.08. The van der Waals surface area contributed by atoms with Gasteiger partial charge < -0.3 is 4.74 Å². The van der Waals surface area contributed by atoms with Crippen LogP contribution in [0.4, 0.5) is 0 Å². The molecule has 2 saturated carbocycles. The van der Waals surface area contributed by atoms with E-state index >= 15 is 0 Å². The Morgan fingerprint density at radius 2 is 1.95 bits per heavy atom. The van der Waals surface area contributed by atoms with Gasteiger partial charge in [0.1, 0.15) is 0 Å². The second kappa shape index (κ2) is 7.26. The van der Waals surface area contributed by atoms with Crippen LogP contribution >= 0.6 is 0 Å². The fourth-order valence-corrected chi connectivity index (χ4v) is 3.55. The molecule has 108 valence electrons. The Labute approximate surface area is 117 Å². The molecule has 2 rings (SSSR count). The van der Waals surface area contributed by atoms with Gasteiger partial charge in [0.25, 0.3) is 0 Å². The Kier molecular flexibility index (Phi) is 5.66. The largest absolute Gasteiger partial charge is 0.383 e. The van der Waals surface area contributed by atoms with Gasteiger partial charge in [0, 0.05) is 25.7 Å². The summed E-state index contributed by atoms with van der Waals surface area (Å²) in [7, 11) is 1.77. The second-order valence-electron chi connectivity index (χ2n) is 6.25. The summed E-state index contributed by atoms with van der Waals surface area (Å²) in [4.78, 5) is 2.60. The molecule has 3 unspecified atom stereocenters. The van der Waals surface area contributed by atoms with Crippen LogP contribution in [0.1, 0.15) is 51.9 Å². The number of ether oxygens (including phenoxy) is 1. The van der Waals surface area contributed by atoms with E-state index in [0.29, 0.717) is 12.1 Å². The Balaban J connectivity index is 2.06. The molecule has 0 aliphatic heterocycles. The standard InChI is InChI=1S/C16H28N2O/c1-13(14-8-9-14)18(10-11-19-2)16-7-5-3-4-6-15(16)12-17/h13-16H,3-11H2,1-2H3. The predicted molar refractivity (Wildman–Crippen MR) is 76.7 cm³/mol. The molecule has 2 fully saturated rings. The Hall–Kier alpha value is -0.590. The molecule has 0 aromatic carbocycles. The summed E-state index contributed by atoms with van der Waals surface area (Å²) in [6.07, 6.45) is 8.82. The molecular weight excluding hydrogens is 236 g/mol. The molecule has 0 spiro atoms. The highest BCUT2D eigenvalue weighted by Gasteiger charge is 2.37. The highest BCUT2D eigenvalue weighted by atomic mass is 16.5. The molecule has 2 aliphatic carbocycles. The molecule has 0 radical (unpaired) electrons. The molecular formula is C16H28N2O. The minimum absolute atomic E-state index is 0.223. The van der Waals surface area contributed by atoms with E-state index < -0.39 is 0 Å².